The number of fused-ring (bicyclic) bond motifs is 1. The number of carbonyl (C=O) groups excluding carboxylic acids is 1. The molecule has 1 fully saturated rings. The molecule has 4 aromatic rings. The smallest absolute Gasteiger partial charge is 0.246 e. The van der Waals surface area contributed by atoms with Crippen LogP contribution in [0, 0.1) is 5.92 Å². The van der Waals surface area contributed by atoms with Crippen molar-refractivity contribution in [2.45, 2.75) is 36.7 Å². The number of hydrazine groups is 1. The van der Waals surface area contributed by atoms with Crippen molar-refractivity contribution in [3.8, 4) is 0 Å². The largest absolute Gasteiger partial charge is 0.390 e. The van der Waals surface area contributed by atoms with Crippen LogP contribution < -0.4 is 22.3 Å². The van der Waals surface area contributed by atoms with E-state index in [9.17, 15) is 20.1 Å². The molecule has 0 bridgehead atoms. The summed E-state index contributed by atoms with van der Waals surface area (Å²) in [7, 11) is 0. The Labute approximate surface area is 218 Å². The number of amides is 1. The van der Waals surface area contributed by atoms with Crippen LogP contribution in [0.1, 0.15) is 29.5 Å². The van der Waals surface area contributed by atoms with Crippen LogP contribution in [0.2, 0.25) is 0 Å². The zero-order chi connectivity index (χ0) is 26.8. The average Bonchev–Trinajstić information content (AvgIpc) is 3.49. The minimum atomic E-state index is -1.60. The number of hydrogen-bond acceptors (Lipinski definition) is 10. The van der Waals surface area contributed by atoms with Gasteiger partial charge in [-0.05, 0) is 17.5 Å². The lowest BCUT2D eigenvalue weighted by Crippen LogP contribution is -2.41. The SMILES string of the molecule is NNc1nc(NCC(c2ccccc2)c2ccccc2)c2ncn([C@@H]3C[C@H](C(O)C(N)=O)[C@@H](O)[C@H]3O)c2n1. The number of nitrogens with zero attached hydrogens (tertiary/aromatic N) is 4. The molecule has 0 saturated heterocycles. The molecule has 1 saturated carbocycles. The van der Waals surface area contributed by atoms with Gasteiger partial charge in [-0.2, -0.15) is 9.97 Å². The third-order valence-electron chi connectivity index (χ3n) is 7.18. The van der Waals surface area contributed by atoms with Gasteiger partial charge in [0.15, 0.2) is 17.0 Å². The Morgan fingerprint density at radius 2 is 1.66 bits per heavy atom. The van der Waals surface area contributed by atoms with Crippen LogP contribution >= 0.6 is 0 Å². The Morgan fingerprint density at radius 1 is 1.03 bits per heavy atom. The number of benzene rings is 2. The molecule has 12 nitrogen and oxygen atoms in total. The van der Waals surface area contributed by atoms with Crippen molar-refractivity contribution >= 4 is 28.8 Å². The number of aliphatic hydroxyl groups excluding tert-OH is 3. The Hall–Kier alpha value is -4.10. The number of aliphatic hydroxyl groups is 3. The number of carbonyl (C=O) groups is 1. The molecule has 198 valence electrons. The highest BCUT2D eigenvalue weighted by Crippen LogP contribution is 2.39. The molecule has 38 heavy (non-hydrogen) atoms. The highest BCUT2D eigenvalue weighted by Gasteiger charge is 2.47. The molecule has 2 heterocycles. The van der Waals surface area contributed by atoms with Crippen LogP contribution in [0.3, 0.4) is 0 Å². The molecule has 2 aromatic heterocycles. The number of rotatable bonds is 9. The zero-order valence-electron chi connectivity index (χ0n) is 20.4. The Balaban J connectivity index is 1.48. The molecule has 9 N–H and O–H groups in total. The maximum atomic E-state index is 11.5. The van der Waals surface area contributed by atoms with Gasteiger partial charge in [-0.25, -0.2) is 10.8 Å². The summed E-state index contributed by atoms with van der Waals surface area (Å²) in [5, 5.41) is 34.8. The molecule has 5 rings (SSSR count). The van der Waals surface area contributed by atoms with Gasteiger partial charge in [-0.1, -0.05) is 60.7 Å². The Bertz CT molecular complexity index is 1360. The van der Waals surface area contributed by atoms with Crippen molar-refractivity contribution < 1.29 is 20.1 Å². The second-order valence-corrected chi connectivity index (χ2v) is 9.41. The summed E-state index contributed by atoms with van der Waals surface area (Å²) in [4.78, 5) is 24.9. The number of nitrogens with two attached hydrogens (primary N) is 2. The van der Waals surface area contributed by atoms with Crippen molar-refractivity contribution in [3.05, 3.63) is 78.1 Å². The fourth-order valence-electron chi connectivity index (χ4n) is 5.19. The first-order valence-corrected chi connectivity index (χ1v) is 12.3. The minimum absolute atomic E-state index is 0.0154. The number of hydrogen-bond donors (Lipinski definition) is 7. The highest BCUT2D eigenvalue weighted by molar-refractivity contribution is 5.84. The van der Waals surface area contributed by atoms with Gasteiger partial charge in [-0.15, -0.1) is 0 Å². The van der Waals surface area contributed by atoms with Crippen LogP contribution in [-0.2, 0) is 4.79 Å². The van der Waals surface area contributed by atoms with Gasteiger partial charge in [0.1, 0.15) is 12.2 Å². The second-order valence-electron chi connectivity index (χ2n) is 9.41. The average molecular weight is 519 g/mol. The lowest BCUT2D eigenvalue weighted by atomic mass is 9.91. The maximum absolute atomic E-state index is 11.5. The molecule has 1 aliphatic rings. The molecule has 2 aromatic carbocycles. The number of nitrogens with one attached hydrogen (secondary N) is 2. The quantitative estimate of drug-likeness (QED) is 0.121. The van der Waals surface area contributed by atoms with E-state index in [4.69, 9.17) is 11.6 Å². The van der Waals surface area contributed by atoms with E-state index in [1.165, 1.54) is 6.33 Å². The lowest BCUT2D eigenvalue weighted by molar-refractivity contribution is -0.131. The van der Waals surface area contributed by atoms with Crippen LogP contribution in [0.15, 0.2) is 67.0 Å². The van der Waals surface area contributed by atoms with Crippen molar-refractivity contribution in [3.63, 3.8) is 0 Å². The minimum Gasteiger partial charge on any atom is -0.390 e. The predicted octanol–water partition coefficient (Wildman–Crippen LogP) is 0.485. The topological polar surface area (TPSA) is 197 Å². The van der Waals surface area contributed by atoms with Crippen molar-refractivity contribution in [2.75, 3.05) is 17.3 Å². The molecule has 1 aliphatic carbocycles. The number of imidazole rings is 1. The third-order valence-corrected chi connectivity index (χ3v) is 7.18. The van der Waals surface area contributed by atoms with Crippen LogP contribution in [0.25, 0.3) is 11.2 Å². The van der Waals surface area contributed by atoms with Crippen molar-refractivity contribution in [2.24, 2.45) is 17.5 Å². The van der Waals surface area contributed by atoms with Crippen molar-refractivity contribution in [1.82, 2.24) is 19.5 Å². The first kappa shape index (κ1) is 25.5. The molecule has 1 amide bonds. The van der Waals surface area contributed by atoms with E-state index in [-0.39, 0.29) is 18.3 Å². The molecule has 1 unspecified atom stereocenters. The summed E-state index contributed by atoms with van der Waals surface area (Å²) in [6.07, 6.45) is -2.67. The predicted molar refractivity (Wildman–Crippen MR) is 141 cm³/mol. The first-order valence-electron chi connectivity index (χ1n) is 12.3. The van der Waals surface area contributed by atoms with Gasteiger partial charge in [0.2, 0.25) is 11.9 Å². The summed E-state index contributed by atoms with van der Waals surface area (Å²) in [6, 6.07) is 19.5. The van der Waals surface area contributed by atoms with Crippen LogP contribution in [0.4, 0.5) is 11.8 Å². The van der Waals surface area contributed by atoms with Gasteiger partial charge in [-0.3, -0.25) is 10.2 Å². The first-order chi connectivity index (χ1) is 18.4. The van der Waals surface area contributed by atoms with Crippen LogP contribution in [-0.4, -0.2) is 65.6 Å². The van der Waals surface area contributed by atoms with Gasteiger partial charge in [0.25, 0.3) is 0 Å². The van der Waals surface area contributed by atoms with Crippen molar-refractivity contribution in [1.29, 1.82) is 0 Å². The zero-order valence-corrected chi connectivity index (χ0v) is 20.4. The normalized spacial score (nSPS) is 22.0. The molecule has 0 spiro atoms. The van der Waals surface area contributed by atoms with Gasteiger partial charge >= 0.3 is 0 Å². The van der Waals surface area contributed by atoms with Crippen LogP contribution in [0.5, 0.6) is 0 Å². The van der Waals surface area contributed by atoms with Gasteiger partial charge < -0.3 is 30.9 Å². The molecule has 5 atom stereocenters. The fraction of sp³-hybridized carbons (Fsp3) is 0.308. The van der Waals surface area contributed by atoms with Gasteiger partial charge in [0.05, 0.1) is 18.5 Å². The van der Waals surface area contributed by atoms with E-state index in [0.717, 1.165) is 11.1 Å². The second kappa shape index (κ2) is 10.7. The van der Waals surface area contributed by atoms with E-state index in [1.807, 2.05) is 36.4 Å². The van der Waals surface area contributed by atoms with E-state index in [1.54, 1.807) is 4.57 Å². The summed E-state index contributed by atoms with van der Waals surface area (Å²) in [5.41, 5.74) is 10.7. The van der Waals surface area contributed by atoms with Gasteiger partial charge in [0, 0.05) is 18.4 Å². The molecule has 12 heteroatoms. The summed E-state index contributed by atoms with van der Waals surface area (Å²) in [5.74, 6) is 4.33. The number of primary amides is 1. The van der Waals surface area contributed by atoms with E-state index < -0.39 is 36.2 Å². The Morgan fingerprint density at radius 3 is 2.24 bits per heavy atom. The molecule has 0 aliphatic heterocycles. The van der Waals surface area contributed by atoms with E-state index in [0.29, 0.717) is 23.5 Å². The number of nitrogen functional groups attached to an aromatic ring is 1. The fourth-order valence-corrected chi connectivity index (χ4v) is 5.19. The highest BCUT2D eigenvalue weighted by atomic mass is 16.3. The number of aromatic nitrogens is 4. The standard InChI is InChI=1S/C26H30N8O4/c27-23(38)21(36)16-11-18(22(37)20(16)35)34-13-30-19-24(31-26(33-28)32-25(19)34)29-12-17(14-7-3-1-4-8-14)15-9-5-2-6-10-15/h1-10,13,16-18,20-22,35-37H,11-12,28H2,(H2,27,38)(H2,29,31,32,33)/t16-,18+,20+,21?,22-/m0/s1. The lowest BCUT2D eigenvalue weighted by Gasteiger charge is -2.20. The molecular formula is C26H30N8O4. The molecular weight excluding hydrogens is 488 g/mol. The summed E-state index contributed by atoms with van der Waals surface area (Å²) >= 11 is 0. The summed E-state index contributed by atoms with van der Waals surface area (Å²) in [6.45, 7) is 0.495. The summed E-state index contributed by atoms with van der Waals surface area (Å²) < 4.78 is 1.59. The number of anilines is 2. The monoisotopic (exact) mass is 518 g/mol. The third kappa shape index (κ3) is 4.77. The maximum Gasteiger partial charge on any atom is 0.246 e. The Kier molecular flexibility index (Phi) is 7.20. The molecule has 0 radical (unpaired) electrons. The van der Waals surface area contributed by atoms with E-state index in [2.05, 4.69) is 50.0 Å². The van der Waals surface area contributed by atoms with E-state index >= 15 is 0 Å².